The Balaban J connectivity index is 2.34. The number of hydrogen-bond donors (Lipinski definition) is 0. The van der Waals surface area contributed by atoms with Crippen molar-refractivity contribution < 1.29 is 14.3 Å². The Morgan fingerprint density at radius 1 is 1.38 bits per heavy atom. The summed E-state index contributed by atoms with van der Waals surface area (Å²) in [5, 5.41) is 0. The molecule has 2 aliphatic rings. The molecule has 0 aromatic carbocycles. The van der Waals surface area contributed by atoms with Crippen molar-refractivity contribution in [2.75, 3.05) is 0 Å². The van der Waals surface area contributed by atoms with Gasteiger partial charge in [-0.2, -0.15) is 0 Å². The molecule has 1 saturated carbocycles. The van der Waals surface area contributed by atoms with Crippen molar-refractivity contribution in [1.29, 1.82) is 0 Å². The fourth-order valence-corrected chi connectivity index (χ4v) is 2.24. The van der Waals surface area contributed by atoms with Gasteiger partial charge in [0.25, 0.3) is 0 Å². The van der Waals surface area contributed by atoms with Crippen molar-refractivity contribution in [1.82, 2.24) is 0 Å². The fraction of sp³-hybridized carbons (Fsp3) is 0.600. The third-order valence-electron chi connectivity index (χ3n) is 3.06. The van der Waals surface area contributed by atoms with Gasteiger partial charge >= 0.3 is 11.9 Å². The predicted octanol–water partition coefficient (Wildman–Crippen LogP) is 1.29. The van der Waals surface area contributed by atoms with Crippen LogP contribution in [-0.4, -0.2) is 11.9 Å². The molecule has 0 amide bonds. The fourth-order valence-electron chi connectivity index (χ4n) is 2.24. The lowest BCUT2D eigenvalue weighted by Crippen LogP contribution is -2.30. The van der Waals surface area contributed by atoms with Crippen LogP contribution in [0.15, 0.2) is 12.2 Å². The van der Waals surface area contributed by atoms with Crippen LogP contribution in [0.5, 0.6) is 0 Å². The van der Waals surface area contributed by atoms with E-state index in [0.29, 0.717) is 0 Å². The van der Waals surface area contributed by atoms with Gasteiger partial charge in [-0.15, -0.1) is 0 Å². The van der Waals surface area contributed by atoms with Crippen LogP contribution in [0.4, 0.5) is 0 Å². The second-order valence-corrected chi connectivity index (χ2v) is 3.92. The zero-order valence-corrected chi connectivity index (χ0v) is 7.58. The number of rotatable bonds is 0. The SMILES string of the molecule is C=C1CCC(C)C2C(=O)OC(=O)C12. The highest BCUT2D eigenvalue weighted by Crippen LogP contribution is 2.42. The van der Waals surface area contributed by atoms with Crippen LogP contribution in [0.2, 0.25) is 0 Å². The average Bonchev–Trinajstić information content (AvgIpc) is 2.36. The minimum atomic E-state index is -0.397. The molecule has 2 fully saturated rings. The molecule has 3 atom stereocenters. The number of carbonyl (C=O) groups excluding carboxylic acids is 2. The smallest absolute Gasteiger partial charge is 0.321 e. The molecule has 3 heteroatoms. The molecule has 0 radical (unpaired) electrons. The largest absolute Gasteiger partial charge is 0.392 e. The minimum absolute atomic E-state index is 0.245. The highest BCUT2D eigenvalue weighted by Gasteiger charge is 2.50. The van der Waals surface area contributed by atoms with Crippen molar-refractivity contribution in [2.45, 2.75) is 19.8 Å². The molecule has 2 rings (SSSR count). The Morgan fingerprint density at radius 2 is 2.08 bits per heavy atom. The number of cyclic esters (lactones) is 2. The molecule has 0 aromatic rings. The van der Waals surface area contributed by atoms with Crippen molar-refractivity contribution in [3.63, 3.8) is 0 Å². The van der Waals surface area contributed by atoms with Crippen molar-refractivity contribution in [2.24, 2.45) is 17.8 Å². The molecule has 1 aliphatic carbocycles. The first-order chi connectivity index (χ1) is 6.11. The third-order valence-corrected chi connectivity index (χ3v) is 3.06. The van der Waals surface area contributed by atoms with Crippen LogP contribution in [0.3, 0.4) is 0 Å². The molecular weight excluding hydrogens is 168 g/mol. The van der Waals surface area contributed by atoms with Crippen LogP contribution < -0.4 is 0 Å². The maximum atomic E-state index is 11.3. The molecule has 0 bridgehead atoms. The zero-order chi connectivity index (χ0) is 9.59. The van der Waals surface area contributed by atoms with E-state index in [2.05, 4.69) is 11.3 Å². The molecule has 0 N–H and O–H groups in total. The van der Waals surface area contributed by atoms with Gasteiger partial charge in [0, 0.05) is 0 Å². The van der Waals surface area contributed by atoms with Gasteiger partial charge in [-0.05, 0) is 18.8 Å². The van der Waals surface area contributed by atoms with E-state index >= 15 is 0 Å². The van der Waals surface area contributed by atoms with Gasteiger partial charge in [-0.3, -0.25) is 9.59 Å². The summed E-state index contributed by atoms with van der Waals surface area (Å²) < 4.78 is 4.61. The van der Waals surface area contributed by atoms with Crippen LogP contribution in [-0.2, 0) is 14.3 Å². The number of carbonyl (C=O) groups is 2. The topological polar surface area (TPSA) is 43.4 Å². The summed E-state index contributed by atoms with van der Waals surface area (Å²) in [6, 6.07) is 0. The van der Waals surface area contributed by atoms with E-state index < -0.39 is 5.97 Å². The molecule has 0 aromatic heterocycles. The van der Waals surface area contributed by atoms with Gasteiger partial charge in [-0.1, -0.05) is 19.1 Å². The summed E-state index contributed by atoms with van der Waals surface area (Å²) in [4.78, 5) is 22.6. The number of ether oxygens (including phenoxy) is 1. The Hall–Kier alpha value is -1.12. The average molecular weight is 180 g/mol. The molecule has 70 valence electrons. The standard InChI is InChI=1S/C10H12O3/c1-5-3-4-6(2)8-7(5)9(11)13-10(8)12/h6-8H,1,3-4H2,2H3. The monoisotopic (exact) mass is 180 g/mol. The summed E-state index contributed by atoms with van der Waals surface area (Å²) in [5.74, 6) is -1.12. The normalized spacial score (nSPS) is 38.8. The second kappa shape index (κ2) is 2.69. The summed E-state index contributed by atoms with van der Waals surface area (Å²) in [5.41, 5.74) is 0.860. The van der Waals surface area contributed by atoms with Crippen LogP contribution in [0.1, 0.15) is 19.8 Å². The number of fused-ring (bicyclic) bond motifs is 1. The van der Waals surface area contributed by atoms with Crippen LogP contribution >= 0.6 is 0 Å². The zero-order valence-electron chi connectivity index (χ0n) is 7.58. The summed E-state index contributed by atoms with van der Waals surface area (Å²) >= 11 is 0. The summed E-state index contributed by atoms with van der Waals surface area (Å²) in [6.07, 6.45) is 1.77. The van der Waals surface area contributed by atoms with E-state index in [1.54, 1.807) is 0 Å². The van der Waals surface area contributed by atoms with E-state index in [9.17, 15) is 9.59 Å². The highest BCUT2D eigenvalue weighted by atomic mass is 16.6. The van der Waals surface area contributed by atoms with Crippen molar-refractivity contribution in [3.8, 4) is 0 Å². The summed E-state index contributed by atoms with van der Waals surface area (Å²) in [6.45, 7) is 5.81. The Kier molecular flexibility index (Phi) is 1.75. The molecule has 1 aliphatic heterocycles. The summed E-state index contributed by atoms with van der Waals surface area (Å²) in [7, 11) is 0. The first-order valence-electron chi connectivity index (χ1n) is 4.54. The first kappa shape index (κ1) is 8.48. The number of esters is 2. The maximum absolute atomic E-state index is 11.3. The Morgan fingerprint density at radius 3 is 2.69 bits per heavy atom. The molecular formula is C10H12O3. The van der Waals surface area contributed by atoms with E-state index in [1.807, 2.05) is 6.92 Å². The molecule has 1 heterocycles. The van der Waals surface area contributed by atoms with Crippen LogP contribution in [0.25, 0.3) is 0 Å². The highest BCUT2D eigenvalue weighted by molar-refractivity contribution is 5.98. The molecule has 0 spiro atoms. The molecule has 3 nitrogen and oxygen atoms in total. The maximum Gasteiger partial charge on any atom is 0.321 e. The lowest BCUT2D eigenvalue weighted by atomic mass is 9.72. The van der Waals surface area contributed by atoms with Crippen molar-refractivity contribution >= 4 is 11.9 Å². The lowest BCUT2D eigenvalue weighted by Gasteiger charge is -2.27. The van der Waals surface area contributed by atoms with Gasteiger partial charge in [0.15, 0.2) is 0 Å². The first-order valence-corrected chi connectivity index (χ1v) is 4.54. The van der Waals surface area contributed by atoms with Gasteiger partial charge in [0.2, 0.25) is 0 Å². The number of hydrogen-bond acceptors (Lipinski definition) is 3. The van der Waals surface area contributed by atoms with Gasteiger partial charge in [-0.25, -0.2) is 0 Å². The van der Waals surface area contributed by atoms with E-state index in [4.69, 9.17) is 0 Å². The molecule has 3 unspecified atom stereocenters. The molecule has 1 saturated heterocycles. The van der Waals surface area contributed by atoms with Crippen LogP contribution in [0, 0.1) is 17.8 Å². The Labute approximate surface area is 76.8 Å². The van der Waals surface area contributed by atoms with E-state index in [-0.39, 0.29) is 23.7 Å². The third kappa shape index (κ3) is 1.10. The predicted molar refractivity (Wildman–Crippen MR) is 45.6 cm³/mol. The van der Waals surface area contributed by atoms with E-state index in [1.165, 1.54) is 0 Å². The quantitative estimate of drug-likeness (QED) is 0.320. The van der Waals surface area contributed by atoms with Gasteiger partial charge < -0.3 is 4.74 Å². The second-order valence-electron chi connectivity index (χ2n) is 3.92. The lowest BCUT2D eigenvalue weighted by molar-refractivity contribution is -0.153. The Bertz CT molecular complexity index is 291. The van der Waals surface area contributed by atoms with Crippen molar-refractivity contribution in [3.05, 3.63) is 12.2 Å². The van der Waals surface area contributed by atoms with Gasteiger partial charge in [0.05, 0.1) is 11.8 Å². The minimum Gasteiger partial charge on any atom is -0.392 e. The van der Waals surface area contributed by atoms with Gasteiger partial charge in [0.1, 0.15) is 0 Å². The molecule has 13 heavy (non-hydrogen) atoms. The van der Waals surface area contributed by atoms with E-state index in [0.717, 1.165) is 18.4 Å².